The molecule has 0 atom stereocenters. The van der Waals surface area contributed by atoms with Crippen LogP contribution in [-0.2, 0) is 4.74 Å². The number of benzene rings is 1. The fourth-order valence-corrected chi connectivity index (χ4v) is 4.63. The molecule has 3 aromatic heterocycles. The Labute approximate surface area is 187 Å². The van der Waals surface area contributed by atoms with Crippen LogP contribution < -0.4 is 10.3 Å². The largest absolute Gasteiger partial charge is 0.439 e. The number of carbonyl (C=O) groups is 1. The van der Waals surface area contributed by atoms with Crippen molar-refractivity contribution in [2.45, 2.75) is 0 Å². The maximum atomic E-state index is 12.7. The number of pyridine rings is 1. The smallest absolute Gasteiger partial charge is 0.204 e. The number of aromatic nitrogens is 1. The summed E-state index contributed by atoms with van der Waals surface area (Å²) in [5.41, 5.74) is 3.67. The number of anilines is 1. The monoisotopic (exact) mass is 445 g/mol. The first-order valence-electron chi connectivity index (χ1n) is 10.1. The Bertz CT molecular complexity index is 1370. The summed E-state index contributed by atoms with van der Waals surface area (Å²) in [5.74, 6) is 0.536. The highest BCUT2D eigenvalue weighted by atomic mass is 32.1. The summed E-state index contributed by atoms with van der Waals surface area (Å²) >= 11 is 1.33. The fraction of sp³-hybridized carbons (Fsp3) is 0.167. The summed E-state index contributed by atoms with van der Waals surface area (Å²) in [6.45, 7) is 2.54. The molecule has 0 amide bonds. The lowest BCUT2D eigenvalue weighted by Gasteiger charge is -2.27. The highest BCUT2D eigenvalue weighted by Gasteiger charge is 2.19. The second kappa shape index (κ2) is 8.49. The van der Waals surface area contributed by atoms with E-state index in [0.717, 1.165) is 11.8 Å². The Kier molecular flexibility index (Phi) is 5.38. The van der Waals surface area contributed by atoms with Gasteiger partial charge in [-0.1, -0.05) is 24.3 Å². The third-order valence-electron chi connectivity index (χ3n) is 5.44. The van der Waals surface area contributed by atoms with Crippen LogP contribution in [0.15, 0.2) is 63.3 Å². The molecule has 0 aliphatic carbocycles. The number of rotatable bonds is 5. The summed E-state index contributed by atoms with van der Waals surface area (Å²) < 4.78 is 12.1. The number of fused-ring (bicyclic) bond motifs is 1. The number of thiophene rings is 1. The molecule has 5 rings (SSSR count). The van der Waals surface area contributed by atoms with E-state index in [2.05, 4.69) is 4.98 Å². The van der Waals surface area contributed by atoms with Crippen molar-refractivity contribution < 1.29 is 13.9 Å². The SMILES string of the molecule is N=C(c1ccc(-c2csc3c(=O)cc(N4CCOCC4)oc23)nc1)c1ccccc1C=O. The van der Waals surface area contributed by atoms with Crippen LogP contribution in [0.2, 0.25) is 0 Å². The maximum Gasteiger partial charge on any atom is 0.204 e. The van der Waals surface area contributed by atoms with Gasteiger partial charge in [0, 0.05) is 47.4 Å². The zero-order chi connectivity index (χ0) is 22.1. The number of aldehydes is 1. The Morgan fingerprint density at radius 3 is 2.72 bits per heavy atom. The van der Waals surface area contributed by atoms with Gasteiger partial charge in [-0.25, -0.2) is 0 Å². The summed E-state index contributed by atoms with van der Waals surface area (Å²) in [6.07, 6.45) is 2.35. The molecular formula is C24H19N3O4S. The second-order valence-electron chi connectivity index (χ2n) is 7.37. The average molecular weight is 446 g/mol. The topological polar surface area (TPSA) is 96.5 Å². The molecule has 4 aromatic rings. The predicted octanol–water partition coefficient (Wildman–Crippen LogP) is 3.98. The van der Waals surface area contributed by atoms with Crippen molar-refractivity contribution in [1.29, 1.82) is 5.41 Å². The van der Waals surface area contributed by atoms with E-state index in [9.17, 15) is 9.59 Å². The Hall–Kier alpha value is -3.62. The molecule has 1 aliphatic heterocycles. The number of hydrogen-bond donors (Lipinski definition) is 1. The molecule has 0 spiro atoms. The molecule has 160 valence electrons. The standard InChI is InChI=1S/C24H19N3O4S/c25-22(17-4-2-1-3-16(17)13-28)15-5-6-19(26-12-15)18-14-32-24-20(29)11-21(31-23(18)24)27-7-9-30-10-8-27/h1-6,11-14,25H,7-10H2. The van der Waals surface area contributed by atoms with Gasteiger partial charge in [0.25, 0.3) is 0 Å². The first-order chi connectivity index (χ1) is 15.7. The lowest BCUT2D eigenvalue weighted by molar-refractivity contribution is 0.112. The molecular weight excluding hydrogens is 426 g/mol. The molecule has 0 saturated carbocycles. The zero-order valence-corrected chi connectivity index (χ0v) is 17.9. The van der Waals surface area contributed by atoms with Crippen LogP contribution in [0, 0.1) is 5.41 Å². The molecule has 0 unspecified atom stereocenters. The van der Waals surface area contributed by atoms with Gasteiger partial charge in [-0.3, -0.25) is 20.0 Å². The fourth-order valence-electron chi connectivity index (χ4n) is 3.73. The van der Waals surface area contributed by atoms with Crippen LogP contribution in [0.3, 0.4) is 0 Å². The van der Waals surface area contributed by atoms with Crippen molar-refractivity contribution in [2.75, 3.05) is 31.2 Å². The van der Waals surface area contributed by atoms with Crippen LogP contribution in [0.5, 0.6) is 0 Å². The van der Waals surface area contributed by atoms with Gasteiger partial charge in [0.2, 0.25) is 5.43 Å². The van der Waals surface area contributed by atoms with E-state index in [-0.39, 0.29) is 11.1 Å². The van der Waals surface area contributed by atoms with Gasteiger partial charge in [-0.15, -0.1) is 11.3 Å². The summed E-state index contributed by atoms with van der Waals surface area (Å²) in [6, 6.07) is 12.1. The van der Waals surface area contributed by atoms with Crippen molar-refractivity contribution in [1.82, 2.24) is 4.98 Å². The maximum absolute atomic E-state index is 12.7. The minimum Gasteiger partial charge on any atom is -0.439 e. The number of nitrogens with zero attached hydrogens (tertiary/aromatic N) is 2. The molecule has 0 bridgehead atoms. The first kappa shape index (κ1) is 20.3. The van der Waals surface area contributed by atoms with Gasteiger partial charge in [-0.05, 0) is 12.1 Å². The molecule has 1 aromatic carbocycles. The van der Waals surface area contributed by atoms with Gasteiger partial charge in [0.15, 0.2) is 17.8 Å². The highest BCUT2D eigenvalue weighted by Crippen LogP contribution is 2.33. The van der Waals surface area contributed by atoms with E-state index in [1.807, 2.05) is 10.3 Å². The lowest BCUT2D eigenvalue weighted by atomic mass is 9.99. The minimum atomic E-state index is -0.0761. The van der Waals surface area contributed by atoms with Crippen molar-refractivity contribution in [3.8, 4) is 11.3 Å². The predicted molar refractivity (Wildman–Crippen MR) is 124 cm³/mol. The number of carbonyl (C=O) groups excluding carboxylic acids is 1. The molecule has 32 heavy (non-hydrogen) atoms. The number of hydrogen-bond acceptors (Lipinski definition) is 8. The van der Waals surface area contributed by atoms with E-state index in [1.165, 1.54) is 17.4 Å². The zero-order valence-electron chi connectivity index (χ0n) is 17.0. The summed E-state index contributed by atoms with van der Waals surface area (Å²) in [5, 5.41) is 10.4. The van der Waals surface area contributed by atoms with Gasteiger partial charge in [0.05, 0.1) is 30.2 Å². The molecule has 0 radical (unpaired) electrons. The normalized spacial score (nSPS) is 13.9. The van der Waals surface area contributed by atoms with E-state index in [4.69, 9.17) is 14.6 Å². The molecule has 1 fully saturated rings. The molecule has 7 nitrogen and oxygen atoms in total. The van der Waals surface area contributed by atoms with E-state index in [1.54, 1.807) is 42.6 Å². The lowest BCUT2D eigenvalue weighted by Crippen LogP contribution is -2.36. The third kappa shape index (κ3) is 3.63. The van der Waals surface area contributed by atoms with Gasteiger partial charge >= 0.3 is 0 Å². The second-order valence-corrected chi connectivity index (χ2v) is 8.25. The van der Waals surface area contributed by atoms with Gasteiger partial charge in [-0.2, -0.15) is 0 Å². The Morgan fingerprint density at radius 1 is 1.16 bits per heavy atom. The number of ether oxygens (including phenoxy) is 1. The van der Waals surface area contributed by atoms with Gasteiger partial charge in [0.1, 0.15) is 4.70 Å². The molecule has 4 heterocycles. The van der Waals surface area contributed by atoms with Crippen LogP contribution in [0.25, 0.3) is 21.5 Å². The Morgan fingerprint density at radius 2 is 1.97 bits per heavy atom. The first-order valence-corrected chi connectivity index (χ1v) is 11.0. The van der Waals surface area contributed by atoms with Crippen molar-refractivity contribution >= 4 is 39.5 Å². The molecule has 1 N–H and O–H groups in total. The summed E-state index contributed by atoms with van der Waals surface area (Å²) in [4.78, 5) is 30.5. The summed E-state index contributed by atoms with van der Waals surface area (Å²) in [7, 11) is 0. The minimum absolute atomic E-state index is 0.0761. The van der Waals surface area contributed by atoms with Crippen LogP contribution >= 0.6 is 11.3 Å². The highest BCUT2D eigenvalue weighted by molar-refractivity contribution is 7.17. The molecule has 8 heteroatoms. The van der Waals surface area contributed by atoms with E-state index in [0.29, 0.717) is 64.9 Å². The van der Waals surface area contributed by atoms with Crippen LogP contribution in [0.1, 0.15) is 21.5 Å². The van der Waals surface area contributed by atoms with Crippen LogP contribution in [-0.4, -0.2) is 43.3 Å². The van der Waals surface area contributed by atoms with Gasteiger partial charge < -0.3 is 14.1 Å². The quantitative estimate of drug-likeness (QED) is 0.369. The number of nitrogens with one attached hydrogen (secondary N) is 1. The Balaban J connectivity index is 1.50. The van der Waals surface area contributed by atoms with Crippen molar-refractivity contribution in [3.63, 3.8) is 0 Å². The van der Waals surface area contributed by atoms with Crippen molar-refractivity contribution in [3.05, 3.63) is 81.0 Å². The average Bonchev–Trinajstić information content (AvgIpc) is 3.29. The number of morpholine rings is 1. The van der Waals surface area contributed by atoms with Crippen molar-refractivity contribution in [2.24, 2.45) is 0 Å². The third-order valence-corrected chi connectivity index (χ3v) is 6.41. The molecule has 1 aliphatic rings. The van der Waals surface area contributed by atoms with Crippen LogP contribution in [0.4, 0.5) is 5.88 Å². The van der Waals surface area contributed by atoms with E-state index < -0.39 is 0 Å². The molecule has 1 saturated heterocycles. The van der Waals surface area contributed by atoms with E-state index >= 15 is 0 Å².